The highest BCUT2D eigenvalue weighted by Gasteiger charge is 2.55. The SMILES string of the molecule is CC(=O)c1ccc(NC(=O)CN2C(=O)N[C@]3(CCCC[C@@H]3C)C2=O)cc1. The van der Waals surface area contributed by atoms with Crippen molar-refractivity contribution in [2.75, 3.05) is 11.9 Å². The minimum Gasteiger partial charge on any atom is -0.325 e. The Kier molecular flexibility index (Phi) is 4.80. The molecule has 1 heterocycles. The normalized spacial score (nSPS) is 25.3. The summed E-state index contributed by atoms with van der Waals surface area (Å²) in [5, 5.41) is 5.48. The van der Waals surface area contributed by atoms with Crippen LogP contribution in [0.5, 0.6) is 0 Å². The lowest BCUT2D eigenvalue weighted by molar-refractivity contribution is -0.136. The highest BCUT2D eigenvalue weighted by atomic mass is 16.2. The number of nitrogens with one attached hydrogen (secondary N) is 2. The standard InChI is InChI=1S/C19H23N3O4/c1-12-5-3-4-10-19(12)17(25)22(18(26)21-19)11-16(24)20-15-8-6-14(7-9-15)13(2)23/h6-9,12H,3-5,10-11H2,1-2H3,(H,20,24)(H,21,26)/t12-,19-/m0/s1. The van der Waals surface area contributed by atoms with Gasteiger partial charge in [0.15, 0.2) is 5.78 Å². The van der Waals surface area contributed by atoms with E-state index >= 15 is 0 Å². The Morgan fingerprint density at radius 3 is 2.54 bits per heavy atom. The van der Waals surface area contributed by atoms with Gasteiger partial charge in [-0.1, -0.05) is 19.8 Å². The molecule has 1 saturated heterocycles. The molecule has 1 saturated carbocycles. The zero-order chi connectivity index (χ0) is 18.9. The lowest BCUT2D eigenvalue weighted by Crippen LogP contribution is -2.54. The number of imide groups is 1. The van der Waals surface area contributed by atoms with Crippen LogP contribution in [0.4, 0.5) is 10.5 Å². The molecule has 138 valence electrons. The van der Waals surface area contributed by atoms with E-state index in [4.69, 9.17) is 0 Å². The molecule has 2 N–H and O–H groups in total. The molecule has 1 aromatic rings. The third kappa shape index (κ3) is 3.21. The molecule has 4 amide bonds. The van der Waals surface area contributed by atoms with Crippen molar-refractivity contribution in [3.8, 4) is 0 Å². The van der Waals surface area contributed by atoms with Crippen LogP contribution in [0.3, 0.4) is 0 Å². The zero-order valence-electron chi connectivity index (χ0n) is 15.0. The summed E-state index contributed by atoms with van der Waals surface area (Å²) < 4.78 is 0. The second-order valence-electron chi connectivity index (χ2n) is 7.12. The second-order valence-corrected chi connectivity index (χ2v) is 7.12. The van der Waals surface area contributed by atoms with Gasteiger partial charge in [-0.15, -0.1) is 0 Å². The summed E-state index contributed by atoms with van der Waals surface area (Å²) in [6.45, 7) is 3.11. The fraction of sp³-hybridized carbons (Fsp3) is 0.474. The fourth-order valence-corrected chi connectivity index (χ4v) is 3.77. The molecule has 0 bridgehead atoms. The van der Waals surface area contributed by atoms with Gasteiger partial charge in [-0.2, -0.15) is 0 Å². The van der Waals surface area contributed by atoms with Gasteiger partial charge >= 0.3 is 6.03 Å². The highest BCUT2D eigenvalue weighted by molar-refractivity contribution is 6.10. The van der Waals surface area contributed by atoms with Crippen LogP contribution in [-0.4, -0.2) is 40.6 Å². The number of nitrogens with zero attached hydrogens (tertiary/aromatic N) is 1. The van der Waals surface area contributed by atoms with Crippen molar-refractivity contribution < 1.29 is 19.2 Å². The molecule has 1 aliphatic carbocycles. The minimum atomic E-state index is -0.862. The number of hydrogen-bond acceptors (Lipinski definition) is 4. The van der Waals surface area contributed by atoms with Crippen molar-refractivity contribution in [1.29, 1.82) is 0 Å². The van der Waals surface area contributed by atoms with Crippen molar-refractivity contribution in [3.63, 3.8) is 0 Å². The molecule has 2 aliphatic rings. The fourth-order valence-electron chi connectivity index (χ4n) is 3.77. The van der Waals surface area contributed by atoms with Crippen LogP contribution in [0.25, 0.3) is 0 Å². The minimum absolute atomic E-state index is 0.0555. The van der Waals surface area contributed by atoms with Crippen LogP contribution < -0.4 is 10.6 Å². The smallest absolute Gasteiger partial charge is 0.325 e. The van der Waals surface area contributed by atoms with Gasteiger partial charge in [-0.05, 0) is 49.9 Å². The summed E-state index contributed by atoms with van der Waals surface area (Å²) in [6, 6.07) is 5.95. The van der Waals surface area contributed by atoms with Crippen molar-refractivity contribution in [1.82, 2.24) is 10.2 Å². The molecule has 2 atom stereocenters. The van der Waals surface area contributed by atoms with Crippen molar-refractivity contribution in [2.45, 2.75) is 45.1 Å². The lowest BCUT2D eigenvalue weighted by atomic mass is 9.73. The van der Waals surface area contributed by atoms with Crippen molar-refractivity contribution >= 4 is 29.3 Å². The Morgan fingerprint density at radius 2 is 1.92 bits per heavy atom. The topological polar surface area (TPSA) is 95.6 Å². The molecule has 1 aliphatic heterocycles. The molecular weight excluding hydrogens is 334 g/mol. The summed E-state index contributed by atoms with van der Waals surface area (Å²) in [6.07, 6.45) is 3.43. The number of Topliss-reactive ketones (excluding diaryl/α,β-unsaturated/α-hetero) is 1. The maximum Gasteiger partial charge on any atom is 0.325 e. The number of carbonyl (C=O) groups is 4. The molecule has 0 unspecified atom stereocenters. The summed E-state index contributed by atoms with van der Waals surface area (Å²) in [5.41, 5.74) is 0.191. The van der Waals surface area contributed by atoms with Gasteiger partial charge in [0.05, 0.1) is 0 Å². The highest BCUT2D eigenvalue weighted by Crippen LogP contribution is 2.38. The molecule has 26 heavy (non-hydrogen) atoms. The first-order valence-corrected chi connectivity index (χ1v) is 8.88. The van der Waals surface area contributed by atoms with Crippen LogP contribution in [0, 0.1) is 5.92 Å². The first-order chi connectivity index (χ1) is 12.3. The number of hydrogen-bond donors (Lipinski definition) is 2. The van der Waals surface area contributed by atoms with E-state index in [1.54, 1.807) is 24.3 Å². The Morgan fingerprint density at radius 1 is 1.23 bits per heavy atom. The first kappa shape index (κ1) is 18.1. The molecule has 3 rings (SSSR count). The van der Waals surface area contributed by atoms with Gasteiger partial charge < -0.3 is 10.6 Å². The van der Waals surface area contributed by atoms with Gasteiger partial charge in [0.1, 0.15) is 12.1 Å². The number of benzene rings is 1. The first-order valence-electron chi connectivity index (χ1n) is 8.88. The van der Waals surface area contributed by atoms with Crippen molar-refractivity contribution in [2.24, 2.45) is 5.92 Å². The van der Waals surface area contributed by atoms with Gasteiger partial charge in [-0.25, -0.2) is 4.79 Å². The molecule has 2 fully saturated rings. The molecule has 1 spiro atoms. The number of carbonyl (C=O) groups excluding carboxylic acids is 4. The predicted octanol–water partition coefficient (Wildman–Crippen LogP) is 2.33. The summed E-state index contributed by atoms with van der Waals surface area (Å²) in [7, 11) is 0. The van der Waals surface area contributed by atoms with Gasteiger partial charge in [0.25, 0.3) is 5.91 Å². The number of ketones is 1. The lowest BCUT2D eigenvalue weighted by Gasteiger charge is -2.36. The average Bonchev–Trinajstić information content (AvgIpc) is 2.83. The summed E-state index contributed by atoms with van der Waals surface area (Å²) in [5.74, 6) is -0.768. The zero-order valence-corrected chi connectivity index (χ0v) is 15.0. The Bertz CT molecular complexity index is 759. The van der Waals surface area contributed by atoms with Crippen LogP contribution >= 0.6 is 0 Å². The van der Waals surface area contributed by atoms with Crippen LogP contribution in [0.2, 0.25) is 0 Å². The molecule has 1 aromatic carbocycles. The molecule has 7 heteroatoms. The Hall–Kier alpha value is -2.70. The maximum atomic E-state index is 12.8. The quantitative estimate of drug-likeness (QED) is 0.638. The predicted molar refractivity (Wildman–Crippen MR) is 95.7 cm³/mol. The van der Waals surface area contributed by atoms with Crippen LogP contribution in [0.1, 0.15) is 49.9 Å². The van der Waals surface area contributed by atoms with Gasteiger partial charge in [0.2, 0.25) is 5.91 Å². The second kappa shape index (κ2) is 6.90. The third-order valence-corrected chi connectivity index (χ3v) is 5.38. The number of amides is 4. The number of urea groups is 1. The molecular formula is C19H23N3O4. The summed E-state index contributed by atoms with van der Waals surface area (Å²) in [4.78, 5) is 49.7. The van der Waals surface area contributed by atoms with Crippen molar-refractivity contribution in [3.05, 3.63) is 29.8 Å². The van der Waals surface area contributed by atoms with E-state index in [0.29, 0.717) is 17.7 Å². The largest absolute Gasteiger partial charge is 0.325 e. The third-order valence-electron chi connectivity index (χ3n) is 5.38. The average molecular weight is 357 g/mol. The number of rotatable bonds is 4. The molecule has 0 radical (unpaired) electrons. The molecule has 0 aromatic heterocycles. The summed E-state index contributed by atoms with van der Waals surface area (Å²) >= 11 is 0. The van der Waals surface area contributed by atoms with Crippen LogP contribution in [0.15, 0.2) is 24.3 Å². The Balaban J connectivity index is 1.66. The van der Waals surface area contributed by atoms with E-state index in [-0.39, 0.29) is 24.2 Å². The number of anilines is 1. The van der Waals surface area contributed by atoms with E-state index < -0.39 is 17.5 Å². The maximum absolute atomic E-state index is 12.8. The monoisotopic (exact) mass is 357 g/mol. The van der Waals surface area contributed by atoms with Gasteiger partial charge in [-0.3, -0.25) is 19.3 Å². The van der Waals surface area contributed by atoms with Crippen LogP contribution in [-0.2, 0) is 9.59 Å². The molecule has 7 nitrogen and oxygen atoms in total. The van der Waals surface area contributed by atoms with E-state index in [9.17, 15) is 19.2 Å². The van der Waals surface area contributed by atoms with E-state index in [1.807, 2.05) is 6.92 Å². The van der Waals surface area contributed by atoms with E-state index in [2.05, 4.69) is 10.6 Å². The van der Waals surface area contributed by atoms with E-state index in [0.717, 1.165) is 24.2 Å². The Labute approximate surface area is 152 Å². The van der Waals surface area contributed by atoms with E-state index in [1.165, 1.54) is 6.92 Å². The van der Waals surface area contributed by atoms with Gasteiger partial charge in [0, 0.05) is 11.3 Å².